The molecule has 2 aliphatic rings. The highest BCUT2D eigenvalue weighted by molar-refractivity contribution is 7.91. The number of alkyl halides is 3. The summed E-state index contributed by atoms with van der Waals surface area (Å²) in [5.74, 6) is 2.29. The first kappa shape index (κ1) is 94.6. The maximum Gasteiger partial charge on any atom is 0.417 e. The number of hydrogen-bond donors (Lipinski definition) is 8. The molecule has 131 heavy (non-hydrogen) atoms. The quantitative estimate of drug-likeness (QED) is 0.0137. The highest BCUT2D eigenvalue weighted by atomic mass is 35.5. The van der Waals surface area contributed by atoms with Crippen LogP contribution in [0.15, 0.2) is 184 Å². The number of aromatic nitrogens is 14. The van der Waals surface area contributed by atoms with Gasteiger partial charge >= 0.3 is 6.18 Å². The van der Waals surface area contributed by atoms with E-state index < -0.39 is 49.9 Å². The van der Waals surface area contributed by atoms with Crippen molar-refractivity contribution in [2.24, 2.45) is 0 Å². The van der Waals surface area contributed by atoms with Crippen molar-refractivity contribution in [1.29, 1.82) is 0 Å². The van der Waals surface area contributed by atoms with Crippen LogP contribution in [0.1, 0.15) is 167 Å². The fourth-order valence-electron chi connectivity index (χ4n) is 14.0. The van der Waals surface area contributed by atoms with Crippen LogP contribution in [0.2, 0.25) is 5.02 Å². The molecule has 26 nitrogen and oxygen atoms in total. The lowest BCUT2D eigenvalue weighted by Gasteiger charge is -2.16. The Morgan fingerprint density at radius 1 is 0.466 bits per heavy atom. The van der Waals surface area contributed by atoms with Crippen LogP contribution in [0.4, 0.5) is 17.6 Å². The van der Waals surface area contributed by atoms with Gasteiger partial charge in [-0.1, -0.05) is 85.8 Å². The summed E-state index contributed by atoms with van der Waals surface area (Å²) in [4.78, 5) is 101. The van der Waals surface area contributed by atoms with E-state index in [1.165, 1.54) is 69.6 Å². The van der Waals surface area contributed by atoms with Crippen molar-refractivity contribution >= 4 is 72.9 Å². The molecule has 0 spiro atoms. The van der Waals surface area contributed by atoms with E-state index in [1.807, 2.05) is 106 Å². The average Bonchev–Trinajstić information content (AvgIpc) is 1.74. The lowest BCUT2D eigenvalue weighted by Crippen LogP contribution is -2.36. The van der Waals surface area contributed by atoms with Gasteiger partial charge in [0.15, 0.2) is 17.5 Å². The molecule has 0 bridgehead atoms. The minimum atomic E-state index is -4.64. The molecule has 4 aromatic carbocycles. The van der Waals surface area contributed by atoms with Gasteiger partial charge in [-0.25, -0.2) is 37.5 Å². The van der Waals surface area contributed by atoms with Gasteiger partial charge in [-0.15, -0.1) is 45.3 Å². The molecule has 36 heteroatoms. The number of nitrogens with zero attached hydrogens (tertiary/aromatic N) is 7. The highest BCUT2D eigenvalue weighted by Crippen LogP contribution is 2.48. The second kappa shape index (κ2) is 43.5. The molecule has 0 unspecified atom stereocenters. The van der Waals surface area contributed by atoms with E-state index in [0.717, 1.165) is 137 Å². The van der Waals surface area contributed by atoms with Crippen LogP contribution in [-0.4, -0.2) is 116 Å². The van der Waals surface area contributed by atoms with Crippen molar-refractivity contribution in [3.8, 4) is 144 Å². The fraction of sp³-hybridized carbons (Fsp3) is 0.305. The maximum absolute atomic E-state index is 15.0. The number of ether oxygens (including phenoxy) is 4. The Balaban J connectivity index is 0.000000141. The SMILES string of the molecule is CCCCOc1ccc(-c2[nH]c(=O)c(-c3ncn[nH]3)c(-c3ccc(CC)s3)c2Cl)cc1.CCCCOc1ccc(-c2cc(-c3ccc(CC)s3)c(-c3ncn[nH]3)c(=O)[nH]2)c(C(F)(F)F)c1.CCCCOc1ccc(-c2cc(-c3ccc(CC)s3)c(C(=O)NS(=O)(=O)C3CC3)c(=O)[nH]2)cc1.CCCCOc1ccc(-c2cc(-c3ncc(C4CC4)s3)c(-c3ncn[nH]3)c(=O)[nH]2)c(F)c1. The van der Waals surface area contributed by atoms with Crippen LogP contribution in [0, 0.1) is 5.82 Å². The second-order valence-electron chi connectivity index (χ2n) is 30.9. The van der Waals surface area contributed by atoms with Crippen molar-refractivity contribution in [1.82, 2.24) is 75.2 Å². The minimum Gasteiger partial charge on any atom is -0.494 e. The van der Waals surface area contributed by atoms with E-state index in [0.29, 0.717) is 123 Å². The third kappa shape index (κ3) is 23.3. The highest BCUT2D eigenvalue weighted by Gasteiger charge is 2.39. The molecule has 0 atom stereocenters. The van der Waals surface area contributed by atoms with E-state index in [4.69, 9.17) is 30.5 Å². The molecule has 2 aliphatic carbocycles. The van der Waals surface area contributed by atoms with Crippen molar-refractivity contribution in [3.63, 3.8) is 0 Å². The summed E-state index contributed by atoms with van der Waals surface area (Å²) in [6, 6.07) is 40.2. The van der Waals surface area contributed by atoms with E-state index in [-0.39, 0.29) is 50.6 Å². The number of carbonyl (C=O) groups is 1. The zero-order valence-electron chi connectivity index (χ0n) is 72.7. The summed E-state index contributed by atoms with van der Waals surface area (Å²) in [5.41, 5.74) is 3.40. The van der Waals surface area contributed by atoms with Crippen LogP contribution in [-0.2, 0) is 35.5 Å². The molecule has 2 saturated carbocycles. The summed E-state index contributed by atoms with van der Waals surface area (Å²) in [6.45, 7) is 16.6. The molecule has 17 rings (SSSR count). The molecule has 1 amide bonds. The van der Waals surface area contributed by atoms with Crippen LogP contribution < -0.4 is 45.9 Å². The number of rotatable bonds is 34. The number of thiophene rings is 3. The Labute approximate surface area is 772 Å². The van der Waals surface area contributed by atoms with Crippen molar-refractivity contribution < 1.29 is 49.7 Å². The van der Waals surface area contributed by atoms with Crippen molar-refractivity contribution in [2.45, 2.75) is 162 Å². The lowest BCUT2D eigenvalue weighted by molar-refractivity contribution is -0.137. The number of H-pyrrole nitrogens is 7. The molecule has 15 aromatic rings. The molecule has 11 aromatic heterocycles. The van der Waals surface area contributed by atoms with E-state index >= 15 is 0 Å². The number of thiazole rings is 1. The number of unbranched alkanes of at least 4 members (excludes halogenated alkanes) is 4. The lowest BCUT2D eigenvalue weighted by atomic mass is 9.99. The Bertz CT molecular complexity index is 6800. The number of aryl methyl sites for hydroxylation is 3. The number of benzene rings is 4. The number of carbonyl (C=O) groups excluding carboxylic acids is 1. The van der Waals surface area contributed by atoms with Crippen LogP contribution in [0.5, 0.6) is 23.0 Å². The topological polar surface area (TPSA) is 369 Å². The van der Waals surface area contributed by atoms with Gasteiger partial charge < -0.3 is 38.9 Å². The number of nitrogens with one attached hydrogen (secondary N) is 8. The zero-order chi connectivity index (χ0) is 92.5. The Kier molecular flexibility index (Phi) is 31.4. The third-order valence-corrected chi connectivity index (χ3v) is 28.5. The molecule has 0 radical (unpaired) electrons. The third-order valence-electron chi connectivity index (χ3n) is 21.4. The molecule has 0 saturated heterocycles. The number of amides is 1. The largest absolute Gasteiger partial charge is 0.494 e. The second-order valence-corrected chi connectivity index (χ2v) is 37.8. The molecule has 682 valence electrons. The molecule has 11 heterocycles. The molecular weight excluding hydrogens is 1800 g/mol. The molecule has 2 fully saturated rings. The Morgan fingerprint density at radius 3 is 1.40 bits per heavy atom. The first-order valence-electron chi connectivity index (χ1n) is 43.3. The van der Waals surface area contributed by atoms with Crippen molar-refractivity contribution in [3.05, 3.63) is 248 Å². The van der Waals surface area contributed by atoms with Gasteiger partial charge in [0.1, 0.15) is 58.4 Å². The predicted octanol–water partition coefficient (Wildman–Crippen LogP) is 22.1. The van der Waals surface area contributed by atoms with Crippen molar-refractivity contribution in [2.75, 3.05) is 26.4 Å². The molecule has 8 N–H and O–H groups in total. The smallest absolute Gasteiger partial charge is 0.417 e. The summed E-state index contributed by atoms with van der Waals surface area (Å²) in [6.07, 6.45) is 14.7. The zero-order valence-corrected chi connectivity index (χ0v) is 77.6. The van der Waals surface area contributed by atoms with E-state index in [2.05, 4.69) is 109 Å². The van der Waals surface area contributed by atoms with Crippen LogP contribution >= 0.6 is 56.9 Å². The monoisotopic (exact) mass is 1890 g/mol. The van der Waals surface area contributed by atoms with Gasteiger partial charge in [-0.05, 0) is 221 Å². The standard InChI is InChI=1S/C25H28N2O5S2.C24H23F3N4O2S.C23H23ClN4O2S.C23H22FN5O2S/c1-3-5-14-32-17-8-6-16(7-9-17)21-15-20(22-13-10-18(4-2)33-22)23(24(28)26-21)25(29)27-34(30,31)19-11-12-19;1-3-5-10-33-14-6-8-16(18(11-14)24(25,26)27)19-12-17(20-9-7-15(4-2)34-20)21(23(32)30-19)22-28-13-29-31-22;1-3-5-12-30-15-8-6-14(7-9-15)21-20(24)18(17-11-10-16(4-2)31-17)19(23(29)27-21)22-25-13-26-28-22;1-2-3-8-31-14-6-7-15(17(24)9-14)18-10-16(23-25-11-19(32-23)13-4-5-13)20(22(30)28-18)21-26-12-27-29-21/h6-10,13,15,19H,3-5,11-12,14H2,1-2H3,(H,26,28)(H,27,29);6-9,11-13H,3-5,10H2,1-2H3,(H,30,32)(H,28,29,31);6-11,13H,3-5,12H2,1-2H3,(H,27,29)(H,25,26,28);6-7,9-13H,2-5,8H2,1H3,(H,28,30)(H,26,27,29). The molecule has 0 aliphatic heterocycles. The first-order valence-corrected chi connectivity index (χ1v) is 48.5. The number of halogens is 5. The number of pyridine rings is 4. The van der Waals surface area contributed by atoms with Gasteiger partial charge in [-0.3, -0.25) is 39.3 Å². The van der Waals surface area contributed by atoms with E-state index in [9.17, 15) is 50.0 Å². The molecular formula is C95H96ClF4N15O11S5. The average molecular weight is 1900 g/mol. The number of hydrogen-bond acceptors (Lipinski definition) is 22. The van der Waals surface area contributed by atoms with Crippen LogP contribution in [0.3, 0.4) is 0 Å². The normalized spacial score (nSPS) is 12.5. The fourth-order valence-corrected chi connectivity index (χ4v) is 19.7. The Hall–Kier alpha value is -12.5. The minimum absolute atomic E-state index is 0.0575. The Morgan fingerprint density at radius 2 is 0.908 bits per heavy atom. The van der Waals surface area contributed by atoms with Gasteiger partial charge in [0.05, 0.1) is 70.3 Å². The summed E-state index contributed by atoms with van der Waals surface area (Å²) < 4.78 is 106. The van der Waals surface area contributed by atoms with Gasteiger partial charge in [0.2, 0.25) is 10.0 Å². The summed E-state index contributed by atoms with van der Waals surface area (Å²) >= 11 is 13.0. The van der Waals surface area contributed by atoms with Crippen LogP contribution in [0.25, 0.3) is 121 Å². The summed E-state index contributed by atoms with van der Waals surface area (Å²) in [5, 5.41) is 20.4. The predicted molar refractivity (Wildman–Crippen MR) is 508 cm³/mol. The summed E-state index contributed by atoms with van der Waals surface area (Å²) in [7, 11) is -3.79. The van der Waals surface area contributed by atoms with Gasteiger partial charge in [-0.2, -0.15) is 28.5 Å². The number of aromatic amines is 7. The maximum atomic E-state index is 15.0. The first-order chi connectivity index (χ1) is 63.4. The number of sulfonamides is 1. The van der Waals surface area contributed by atoms with Gasteiger partial charge in [0, 0.05) is 91.2 Å². The van der Waals surface area contributed by atoms with E-state index in [1.54, 1.807) is 53.0 Å². The van der Waals surface area contributed by atoms with Gasteiger partial charge in [0.25, 0.3) is 28.1 Å².